The van der Waals surface area contributed by atoms with Gasteiger partial charge in [-0.15, -0.1) is 0 Å². The van der Waals surface area contributed by atoms with Gasteiger partial charge in [0.25, 0.3) is 0 Å². The van der Waals surface area contributed by atoms with Gasteiger partial charge in [0, 0.05) is 24.4 Å². The molecule has 0 aliphatic rings. The number of hydrogen-bond donors (Lipinski definition) is 0. The Balaban J connectivity index is 2.25. The highest BCUT2D eigenvalue weighted by Crippen LogP contribution is 2.14. The topological polar surface area (TPSA) is 48.5 Å². The van der Waals surface area contributed by atoms with E-state index in [-0.39, 0.29) is 0 Å². The largest absolute Gasteiger partial charge is 0.327 e. The maximum Gasteiger partial charge on any atom is 0.147 e. The standard InChI is InChI=1S/C12H19N5/c1-9(2)12-13-5-6-16(12)7-11-14-8-15-17(11)10(3)4/h5-6,8-10H,7H2,1-4H3. The third kappa shape index (κ3) is 2.38. The Morgan fingerprint density at radius 3 is 2.59 bits per heavy atom. The van der Waals surface area contributed by atoms with Gasteiger partial charge >= 0.3 is 0 Å². The lowest BCUT2D eigenvalue weighted by atomic mass is 10.2. The van der Waals surface area contributed by atoms with E-state index < -0.39 is 0 Å². The summed E-state index contributed by atoms with van der Waals surface area (Å²) in [5.41, 5.74) is 0. The van der Waals surface area contributed by atoms with Crippen LogP contribution in [-0.4, -0.2) is 24.3 Å². The van der Waals surface area contributed by atoms with Crippen LogP contribution >= 0.6 is 0 Å². The number of rotatable bonds is 4. The molecule has 0 amide bonds. The highest BCUT2D eigenvalue weighted by atomic mass is 15.4. The number of hydrogen-bond acceptors (Lipinski definition) is 3. The molecular weight excluding hydrogens is 214 g/mol. The van der Waals surface area contributed by atoms with Crippen molar-refractivity contribution in [3.05, 3.63) is 30.4 Å². The lowest BCUT2D eigenvalue weighted by Crippen LogP contribution is -2.13. The molecule has 0 aromatic carbocycles. The van der Waals surface area contributed by atoms with Crippen LogP contribution < -0.4 is 0 Å². The van der Waals surface area contributed by atoms with Crippen molar-refractivity contribution in [3.63, 3.8) is 0 Å². The van der Waals surface area contributed by atoms with Crippen molar-refractivity contribution < 1.29 is 0 Å². The molecule has 17 heavy (non-hydrogen) atoms. The molecule has 0 spiro atoms. The molecule has 5 heteroatoms. The van der Waals surface area contributed by atoms with Crippen LogP contribution in [-0.2, 0) is 6.54 Å². The fourth-order valence-corrected chi connectivity index (χ4v) is 1.93. The summed E-state index contributed by atoms with van der Waals surface area (Å²) in [7, 11) is 0. The second-order valence-electron chi connectivity index (χ2n) is 4.78. The third-order valence-corrected chi connectivity index (χ3v) is 2.71. The first-order chi connectivity index (χ1) is 8.09. The molecule has 0 saturated heterocycles. The summed E-state index contributed by atoms with van der Waals surface area (Å²) < 4.78 is 4.08. The molecule has 2 aromatic heterocycles. The van der Waals surface area contributed by atoms with Gasteiger partial charge in [-0.05, 0) is 13.8 Å². The van der Waals surface area contributed by atoms with Gasteiger partial charge in [0.15, 0.2) is 0 Å². The van der Waals surface area contributed by atoms with E-state index in [1.54, 1.807) is 6.33 Å². The van der Waals surface area contributed by atoms with Gasteiger partial charge in [-0.25, -0.2) is 14.6 Å². The van der Waals surface area contributed by atoms with E-state index in [4.69, 9.17) is 0 Å². The summed E-state index contributed by atoms with van der Waals surface area (Å²) in [5.74, 6) is 2.48. The Bertz CT molecular complexity index is 436. The Morgan fingerprint density at radius 1 is 1.18 bits per heavy atom. The summed E-state index contributed by atoms with van der Waals surface area (Å²) in [5, 5.41) is 4.24. The van der Waals surface area contributed by atoms with Crippen molar-refractivity contribution in [1.82, 2.24) is 24.3 Å². The zero-order valence-corrected chi connectivity index (χ0v) is 10.8. The summed E-state index contributed by atoms with van der Waals surface area (Å²) in [6, 6.07) is 0.332. The summed E-state index contributed by atoms with van der Waals surface area (Å²) in [4.78, 5) is 8.69. The Labute approximate surface area is 102 Å². The van der Waals surface area contributed by atoms with Crippen LogP contribution in [0.2, 0.25) is 0 Å². The molecule has 2 rings (SSSR count). The van der Waals surface area contributed by atoms with Crippen LogP contribution in [0.3, 0.4) is 0 Å². The maximum atomic E-state index is 4.38. The minimum Gasteiger partial charge on any atom is -0.327 e. The van der Waals surface area contributed by atoms with Crippen LogP contribution in [0.15, 0.2) is 18.7 Å². The zero-order valence-electron chi connectivity index (χ0n) is 10.8. The monoisotopic (exact) mass is 233 g/mol. The molecular formula is C12H19N5. The van der Waals surface area contributed by atoms with E-state index in [1.807, 2.05) is 17.1 Å². The van der Waals surface area contributed by atoms with Crippen LogP contribution in [0, 0.1) is 0 Å². The van der Waals surface area contributed by atoms with E-state index in [0.29, 0.717) is 12.0 Å². The number of imidazole rings is 1. The fourth-order valence-electron chi connectivity index (χ4n) is 1.93. The quantitative estimate of drug-likeness (QED) is 0.813. The molecule has 0 aliphatic heterocycles. The lowest BCUT2D eigenvalue weighted by molar-refractivity contribution is 0.491. The highest BCUT2D eigenvalue weighted by molar-refractivity contribution is 5.01. The van der Waals surface area contributed by atoms with Crippen molar-refractivity contribution in [2.75, 3.05) is 0 Å². The molecule has 0 unspecified atom stereocenters. The molecule has 5 nitrogen and oxygen atoms in total. The van der Waals surface area contributed by atoms with Crippen molar-refractivity contribution >= 4 is 0 Å². The average molecular weight is 233 g/mol. The molecule has 0 fully saturated rings. The lowest BCUT2D eigenvalue weighted by Gasteiger charge is -2.12. The Hall–Kier alpha value is -1.65. The van der Waals surface area contributed by atoms with Crippen LogP contribution in [0.5, 0.6) is 0 Å². The molecule has 0 radical (unpaired) electrons. The van der Waals surface area contributed by atoms with Gasteiger partial charge in [-0.1, -0.05) is 13.8 Å². The van der Waals surface area contributed by atoms with Gasteiger partial charge in [0.05, 0.1) is 6.54 Å². The molecule has 2 aromatic rings. The molecule has 0 saturated carbocycles. The number of aromatic nitrogens is 5. The van der Waals surface area contributed by atoms with E-state index >= 15 is 0 Å². The first kappa shape index (κ1) is 11.8. The minimum absolute atomic E-state index is 0.332. The first-order valence-corrected chi connectivity index (χ1v) is 5.99. The zero-order chi connectivity index (χ0) is 12.4. The third-order valence-electron chi connectivity index (χ3n) is 2.71. The molecule has 92 valence electrons. The van der Waals surface area contributed by atoms with E-state index in [9.17, 15) is 0 Å². The molecule has 0 aliphatic carbocycles. The van der Waals surface area contributed by atoms with Gasteiger partial charge in [-0.3, -0.25) is 0 Å². The van der Waals surface area contributed by atoms with Crippen LogP contribution in [0.4, 0.5) is 0 Å². The number of nitrogens with zero attached hydrogens (tertiary/aromatic N) is 5. The first-order valence-electron chi connectivity index (χ1n) is 5.99. The smallest absolute Gasteiger partial charge is 0.147 e. The fraction of sp³-hybridized carbons (Fsp3) is 0.583. The average Bonchev–Trinajstić information content (AvgIpc) is 2.86. The SMILES string of the molecule is CC(C)c1nccn1Cc1ncnn1C(C)C. The van der Waals surface area contributed by atoms with Crippen LogP contribution in [0.25, 0.3) is 0 Å². The Kier molecular flexibility index (Phi) is 3.26. The van der Waals surface area contributed by atoms with Gasteiger partial charge in [0.2, 0.25) is 0 Å². The maximum absolute atomic E-state index is 4.38. The Morgan fingerprint density at radius 2 is 1.94 bits per heavy atom. The molecule has 0 bridgehead atoms. The molecule has 0 N–H and O–H groups in total. The van der Waals surface area contributed by atoms with Crippen LogP contribution in [0.1, 0.15) is 51.3 Å². The van der Waals surface area contributed by atoms with Crippen molar-refractivity contribution in [2.24, 2.45) is 0 Å². The highest BCUT2D eigenvalue weighted by Gasteiger charge is 2.12. The van der Waals surface area contributed by atoms with Crippen molar-refractivity contribution in [1.29, 1.82) is 0 Å². The second kappa shape index (κ2) is 4.69. The van der Waals surface area contributed by atoms with Gasteiger partial charge in [0.1, 0.15) is 18.0 Å². The van der Waals surface area contributed by atoms with Gasteiger partial charge < -0.3 is 4.57 Å². The minimum atomic E-state index is 0.332. The van der Waals surface area contributed by atoms with E-state index in [0.717, 1.165) is 18.2 Å². The van der Waals surface area contributed by atoms with Crippen molar-refractivity contribution in [3.8, 4) is 0 Å². The normalized spacial score (nSPS) is 11.6. The van der Waals surface area contributed by atoms with E-state index in [1.165, 1.54) is 0 Å². The predicted octanol–water partition coefficient (Wildman–Crippen LogP) is 2.23. The van der Waals surface area contributed by atoms with Gasteiger partial charge in [-0.2, -0.15) is 5.10 Å². The van der Waals surface area contributed by atoms with E-state index in [2.05, 4.69) is 47.3 Å². The second-order valence-corrected chi connectivity index (χ2v) is 4.78. The summed E-state index contributed by atoms with van der Waals surface area (Å²) in [6.07, 6.45) is 5.45. The molecule has 0 atom stereocenters. The summed E-state index contributed by atoms with van der Waals surface area (Å²) in [6.45, 7) is 9.23. The van der Waals surface area contributed by atoms with Crippen molar-refractivity contribution in [2.45, 2.75) is 46.2 Å². The predicted molar refractivity (Wildman–Crippen MR) is 65.8 cm³/mol. The summed E-state index contributed by atoms with van der Waals surface area (Å²) >= 11 is 0. The molecule has 2 heterocycles.